The molecule has 1 saturated carbocycles. The summed E-state index contributed by atoms with van der Waals surface area (Å²) in [7, 11) is 1.38. The van der Waals surface area contributed by atoms with Crippen LogP contribution in [0.5, 0.6) is 0 Å². The molecular weight excluding hydrogens is 204 g/mol. The predicted octanol–water partition coefficient (Wildman–Crippen LogP) is 0.997. The summed E-state index contributed by atoms with van der Waals surface area (Å²) in [5.74, 6) is 0.357. The Bertz CT molecular complexity index is 227. The first-order valence-corrected chi connectivity index (χ1v) is 6.12. The Kier molecular flexibility index (Phi) is 5.22. The van der Waals surface area contributed by atoms with Gasteiger partial charge >= 0.3 is 5.97 Å². The number of hydrogen-bond acceptors (Lipinski definition) is 4. The number of esters is 1. The highest BCUT2D eigenvalue weighted by molar-refractivity contribution is 5.75. The lowest BCUT2D eigenvalue weighted by Crippen LogP contribution is -2.38. The van der Waals surface area contributed by atoms with Crippen molar-refractivity contribution >= 4 is 5.97 Å². The van der Waals surface area contributed by atoms with Crippen LogP contribution >= 0.6 is 0 Å². The van der Waals surface area contributed by atoms with Crippen LogP contribution in [0.1, 0.15) is 33.1 Å². The smallest absolute Gasteiger partial charge is 0.322 e. The van der Waals surface area contributed by atoms with Crippen molar-refractivity contribution in [1.82, 2.24) is 4.90 Å². The molecule has 0 aromatic rings. The lowest BCUT2D eigenvalue weighted by Gasteiger charge is -2.24. The van der Waals surface area contributed by atoms with Crippen LogP contribution in [0.2, 0.25) is 0 Å². The second kappa shape index (κ2) is 6.21. The fraction of sp³-hybridized carbons (Fsp3) is 0.917. The molecule has 1 fully saturated rings. The fourth-order valence-corrected chi connectivity index (χ4v) is 1.91. The van der Waals surface area contributed by atoms with Crippen LogP contribution in [0.15, 0.2) is 0 Å². The first-order valence-electron chi connectivity index (χ1n) is 6.12. The van der Waals surface area contributed by atoms with Gasteiger partial charge in [0.1, 0.15) is 6.04 Å². The molecule has 94 valence electrons. The molecule has 0 amide bonds. The summed E-state index contributed by atoms with van der Waals surface area (Å²) in [6, 6.07) is 0.255. The second-order valence-corrected chi connectivity index (χ2v) is 5.04. The van der Waals surface area contributed by atoms with E-state index in [1.54, 1.807) is 0 Å². The van der Waals surface area contributed by atoms with Crippen LogP contribution in [0.4, 0.5) is 0 Å². The maximum atomic E-state index is 11.2. The number of methoxy groups -OCH3 is 1. The Balaban J connectivity index is 2.29. The van der Waals surface area contributed by atoms with Gasteiger partial charge in [0, 0.05) is 19.1 Å². The van der Waals surface area contributed by atoms with Crippen molar-refractivity contribution in [3.8, 4) is 0 Å². The van der Waals surface area contributed by atoms with Gasteiger partial charge in [-0.3, -0.25) is 4.79 Å². The number of carbonyl (C=O) groups is 1. The summed E-state index contributed by atoms with van der Waals surface area (Å²) in [6.07, 6.45) is 3.27. The van der Waals surface area contributed by atoms with E-state index in [9.17, 15) is 4.79 Å². The summed E-state index contributed by atoms with van der Waals surface area (Å²) >= 11 is 0. The predicted molar refractivity (Wildman–Crippen MR) is 64.0 cm³/mol. The number of hydrogen-bond donors (Lipinski definition) is 1. The van der Waals surface area contributed by atoms with Gasteiger partial charge in [0.05, 0.1) is 7.11 Å². The average Bonchev–Trinajstić information content (AvgIpc) is 3.05. The molecule has 1 unspecified atom stereocenters. The van der Waals surface area contributed by atoms with Crippen LogP contribution in [-0.4, -0.2) is 43.2 Å². The van der Waals surface area contributed by atoms with Crippen LogP contribution in [0.3, 0.4) is 0 Å². The third kappa shape index (κ3) is 4.49. The maximum absolute atomic E-state index is 11.2. The summed E-state index contributed by atoms with van der Waals surface area (Å²) in [5, 5.41) is 0. The normalized spacial score (nSPS) is 17.9. The largest absolute Gasteiger partial charge is 0.468 e. The first kappa shape index (κ1) is 13.5. The molecule has 1 aliphatic rings. The van der Waals surface area contributed by atoms with Crippen LogP contribution in [0.25, 0.3) is 0 Å². The molecule has 1 atom stereocenters. The molecule has 4 nitrogen and oxygen atoms in total. The van der Waals surface area contributed by atoms with Crippen molar-refractivity contribution in [2.24, 2.45) is 11.7 Å². The zero-order chi connectivity index (χ0) is 12.1. The van der Waals surface area contributed by atoms with E-state index in [1.165, 1.54) is 20.0 Å². The van der Waals surface area contributed by atoms with Crippen molar-refractivity contribution in [2.75, 3.05) is 20.2 Å². The quantitative estimate of drug-likeness (QED) is 0.660. The molecule has 1 rings (SSSR count). The number of nitrogens with two attached hydrogens (primary N) is 1. The highest BCUT2D eigenvalue weighted by atomic mass is 16.5. The zero-order valence-electron chi connectivity index (χ0n) is 10.6. The van der Waals surface area contributed by atoms with Gasteiger partial charge in [-0.1, -0.05) is 13.8 Å². The highest BCUT2D eigenvalue weighted by Crippen LogP contribution is 2.27. The Morgan fingerprint density at radius 2 is 2.12 bits per heavy atom. The van der Waals surface area contributed by atoms with E-state index < -0.39 is 6.04 Å². The molecule has 4 heteroatoms. The first-order chi connectivity index (χ1) is 7.54. The molecule has 0 aromatic heterocycles. The van der Waals surface area contributed by atoms with E-state index in [4.69, 9.17) is 5.73 Å². The average molecular weight is 228 g/mol. The molecule has 0 bridgehead atoms. The van der Waals surface area contributed by atoms with Gasteiger partial charge in [-0.15, -0.1) is 0 Å². The number of rotatable bonds is 7. The molecule has 0 radical (unpaired) electrons. The Hall–Kier alpha value is -0.610. The minimum absolute atomic E-state index is 0.305. The van der Waals surface area contributed by atoms with Gasteiger partial charge in [0.2, 0.25) is 0 Å². The molecule has 0 spiro atoms. The van der Waals surface area contributed by atoms with Crippen molar-refractivity contribution in [3.05, 3.63) is 0 Å². The van der Waals surface area contributed by atoms with Crippen LogP contribution in [-0.2, 0) is 9.53 Å². The summed E-state index contributed by atoms with van der Waals surface area (Å²) in [5.41, 5.74) is 5.73. The molecule has 1 aliphatic carbocycles. The van der Waals surface area contributed by atoms with E-state index >= 15 is 0 Å². The van der Waals surface area contributed by atoms with E-state index in [0.29, 0.717) is 12.3 Å². The Morgan fingerprint density at radius 1 is 1.50 bits per heavy atom. The summed E-state index contributed by atoms with van der Waals surface area (Å²) in [6.45, 7) is 6.43. The van der Waals surface area contributed by atoms with Gasteiger partial charge < -0.3 is 15.4 Å². The third-order valence-electron chi connectivity index (χ3n) is 2.89. The van der Waals surface area contributed by atoms with E-state index in [0.717, 1.165) is 19.1 Å². The molecule has 0 saturated heterocycles. The lowest BCUT2D eigenvalue weighted by molar-refractivity contribution is -0.142. The zero-order valence-corrected chi connectivity index (χ0v) is 10.6. The molecule has 2 N–H and O–H groups in total. The van der Waals surface area contributed by atoms with Gasteiger partial charge in [0.25, 0.3) is 0 Å². The standard InChI is InChI=1S/C12H24N2O2/c1-9(2)8-14(10-4-5-10)7-6-11(13)12(15)16-3/h9-11H,4-8,13H2,1-3H3. The van der Waals surface area contributed by atoms with Crippen LogP contribution in [0, 0.1) is 5.92 Å². The van der Waals surface area contributed by atoms with Crippen molar-refractivity contribution in [1.29, 1.82) is 0 Å². The van der Waals surface area contributed by atoms with E-state index in [-0.39, 0.29) is 5.97 Å². The second-order valence-electron chi connectivity index (χ2n) is 5.04. The fourth-order valence-electron chi connectivity index (χ4n) is 1.91. The molecular formula is C12H24N2O2. The minimum Gasteiger partial charge on any atom is -0.468 e. The van der Waals surface area contributed by atoms with Gasteiger partial charge in [-0.2, -0.15) is 0 Å². The van der Waals surface area contributed by atoms with Gasteiger partial charge in [0.15, 0.2) is 0 Å². The summed E-state index contributed by atoms with van der Waals surface area (Å²) in [4.78, 5) is 13.6. The number of carbonyl (C=O) groups excluding carboxylic acids is 1. The Labute approximate surface area is 98.1 Å². The third-order valence-corrected chi connectivity index (χ3v) is 2.89. The molecule has 0 aliphatic heterocycles. The van der Waals surface area contributed by atoms with Crippen LogP contribution < -0.4 is 5.73 Å². The van der Waals surface area contributed by atoms with E-state index in [2.05, 4.69) is 23.5 Å². The molecule has 0 heterocycles. The monoisotopic (exact) mass is 228 g/mol. The van der Waals surface area contributed by atoms with Gasteiger partial charge in [-0.25, -0.2) is 0 Å². The van der Waals surface area contributed by atoms with Crippen molar-refractivity contribution in [3.63, 3.8) is 0 Å². The topological polar surface area (TPSA) is 55.6 Å². The lowest BCUT2D eigenvalue weighted by atomic mass is 10.1. The van der Waals surface area contributed by atoms with Crippen molar-refractivity contribution < 1.29 is 9.53 Å². The number of ether oxygens (including phenoxy) is 1. The van der Waals surface area contributed by atoms with Crippen molar-refractivity contribution in [2.45, 2.75) is 45.2 Å². The maximum Gasteiger partial charge on any atom is 0.322 e. The number of nitrogens with zero attached hydrogens (tertiary/aromatic N) is 1. The highest BCUT2D eigenvalue weighted by Gasteiger charge is 2.29. The van der Waals surface area contributed by atoms with Gasteiger partial charge in [-0.05, 0) is 25.2 Å². The summed E-state index contributed by atoms with van der Waals surface area (Å²) < 4.78 is 4.62. The molecule has 0 aromatic carbocycles. The minimum atomic E-state index is -0.474. The Morgan fingerprint density at radius 3 is 2.56 bits per heavy atom. The SMILES string of the molecule is COC(=O)C(N)CCN(CC(C)C)C1CC1. The molecule has 16 heavy (non-hydrogen) atoms. The van der Waals surface area contributed by atoms with E-state index in [1.807, 2.05) is 0 Å².